The topological polar surface area (TPSA) is 122 Å². The Hall–Kier alpha value is -2.96. The minimum Gasteiger partial charge on any atom is -0.497 e. The number of esters is 1. The van der Waals surface area contributed by atoms with Gasteiger partial charge in [0.15, 0.2) is 0 Å². The maximum absolute atomic E-state index is 13.3. The Balaban J connectivity index is 1.83. The van der Waals surface area contributed by atoms with E-state index in [9.17, 15) is 22.8 Å². The summed E-state index contributed by atoms with van der Waals surface area (Å²) >= 11 is 1.23. The van der Waals surface area contributed by atoms with E-state index in [1.165, 1.54) is 23.3 Å². The normalized spacial score (nSPS) is 17.6. The van der Waals surface area contributed by atoms with Crippen LogP contribution in [0.4, 0.5) is 0 Å². The van der Waals surface area contributed by atoms with Crippen LogP contribution in [0.1, 0.15) is 15.2 Å². The Morgan fingerprint density at radius 2 is 1.85 bits per heavy atom. The summed E-state index contributed by atoms with van der Waals surface area (Å²) in [6.45, 7) is -0.0898. The molecule has 3 rings (SSSR count). The van der Waals surface area contributed by atoms with Crippen LogP contribution in [0.15, 0.2) is 41.8 Å². The standard InChI is InChI=1S/C22H27N3O7S2/c1-31-16-8-6-15(7-9-16)13-17(22(28)32-2)23-20(26)18-14-24(34(3,29)30)10-11-25(18)21(27)19-5-4-12-33-19/h4-9,12,17-18H,10-11,13-14H2,1-3H3,(H,23,26)/t17-,18+/m0/s1. The van der Waals surface area contributed by atoms with E-state index >= 15 is 0 Å². The number of nitrogens with one attached hydrogen (secondary N) is 1. The number of sulfonamides is 1. The van der Waals surface area contributed by atoms with Gasteiger partial charge in [-0.2, -0.15) is 4.31 Å². The van der Waals surface area contributed by atoms with Gasteiger partial charge in [0, 0.05) is 26.1 Å². The Labute approximate surface area is 202 Å². The third-order valence-corrected chi connectivity index (χ3v) is 7.64. The number of piperazine rings is 1. The molecule has 2 atom stereocenters. The van der Waals surface area contributed by atoms with E-state index in [1.54, 1.807) is 48.9 Å². The molecule has 2 aromatic rings. The van der Waals surface area contributed by atoms with E-state index in [1.807, 2.05) is 0 Å². The largest absolute Gasteiger partial charge is 0.497 e. The SMILES string of the molecule is COC(=O)[C@H](Cc1ccc(OC)cc1)NC(=O)[C@H]1CN(S(C)(=O)=O)CCN1C(=O)c1cccs1. The van der Waals surface area contributed by atoms with E-state index < -0.39 is 34.0 Å². The van der Waals surface area contributed by atoms with Crippen LogP contribution in [0, 0.1) is 0 Å². The highest BCUT2D eigenvalue weighted by Crippen LogP contribution is 2.20. The van der Waals surface area contributed by atoms with E-state index in [-0.39, 0.29) is 32.0 Å². The van der Waals surface area contributed by atoms with Crippen molar-refractivity contribution in [3.8, 4) is 5.75 Å². The Bertz CT molecular complexity index is 1120. The molecule has 184 valence electrons. The molecule has 1 fully saturated rings. The van der Waals surface area contributed by atoms with Crippen molar-refractivity contribution in [1.82, 2.24) is 14.5 Å². The quantitative estimate of drug-likeness (QED) is 0.521. The van der Waals surface area contributed by atoms with Gasteiger partial charge in [-0.15, -0.1) is 11.3 Å². The molecule has 0 radical (unpaired) electrons. The molecule has 1 aromatic carbocycles. The van der Waals surface area contributed by atoms with Crippen molar-refractivity contribution >= 4 is 39.1 Å². The number of hydrogen-bond acceptors (Lipinski definition) is 8. The summed E-state index contributed by atoms with van der Waals surface area (Å²) in [7, 11) is -0.828. The van der Waals surface area contributed by atoms with Crippen molar-refractivity contribution < 1.29 is 32.3 Å². The molecule has 0 saturated carbocycles. The lowest BCUT2D eigenvalue weighted by atomic mass is 10.0. The maximum atomic E-state index is 13.3. The molecule has 1 N–H and O–H groups in total. The fourth-order valence-electron chi connectivity index (χ4n) is 3.67. The van der Waals surface area contributed by atoms with Crippen LogP contribution < -0.4 is 10.1 Å². The number of amides is 2. The number of ether oxygens (including phenoxy) is 2. The highest BCUT2D eigenvalue weighted by atomic mass is 32.2. The molecule has 0 unspecified atom stereocenters. The van der Waals surface area contributed by atoms with Gasteiger partial charge in [-0.05, 0) is 29.1 Å². The van der Waals surface area contributed by atoms with Crippen LogP contribution in [0.3, 0.4) is 0 Å². The molecular formula is C22H27N3O7S2. The molecule has 1 aliphatic heterocycles. The second-order valence-electron chi connectivity index (χ2n) is 7.75. The van der Waals surface area contributed by atoms with Crippen LogP contribution in [-0.2, 0) is 30.8 Å². The van der Waals surface area contributed by atoms with Gasteiger partial charge in [0.05, 0.1) is 25.4 Å². The molecule has 34 heavy (non-hydrogen) atoms. The molecule has 1 aromatic heterocycles. The first-order valence-corrected chi connectivity index (χ1v) is 13.2. The molecule has 0 bridgehead atoms. The van der Waals surface area contributed by atoms with Crippen molar-refractivity contribution in [1.29, 1.82) is 0 Å². The maximum Gasteiger partial charge on any atom is 0.328 e. The zero-order chi connectivity index (χ0) is 24.9. The van der Waals surface area contributed by atoms with Crippen molar-refractivity contribution in [3.63, 3.8) is 0 Å². The highest BCUT2D eigenvalue weighted by Gasteiger charge is 2.40. The minimum absolute atomic E-state index is 0.0449. The lowest BCUT2D eigenvalue weighted by Gasteiger charge is -2.39. The summed E-state index contributed by atoms with van der Waals surface area (Å²) in [4.78, 5) is 40.6. The van der Waals surface area contributed by atoms with E-state index in [2.05, 4.69) is 5.32 Å². The van der Waals surface area contributed by atoms with Gasteiger partial charge in [0.25, 0.3) is 5.91 Å². The Morgan fingerprint density at radius 1 is 1.15 bits per heavy atom. The van der Waals surface area contributed by atoms with Crippen LogP contribution in [0.25, 0.3) is 0 Å². The third-order valence-electron chi connectivity index (χ3n) is 5.51. The number of hydrogen-bond donors (Lipinski definition) is 1. The first-order chi connectivity index (χ1) is 16.1. The number of nitrogens with zero attached hydrogens (tertiary/aromatic N) is 2. The molecular weight excluding hydrogens is 482 g/mol. The van der Waals surface area contributed by atoms with Gasteiger partial charge in [-0.1, -0.05) is 18.2 Å². The fraction of sp³-hybridized carbons (Fsp3) is 0.409. The fourth-order valence-corrected chi connectivity index (χ4v) is 5.17. The van der Waals surface area contributed by atoms with Gasteiger partial charge in [0.2, 0.25) is 15.9 Å². The number of benzene rings is 1. The number of rotatable bonds is 8. The average molecular weight is 510 g/mol. The zero-order valence-electron chi connectivity index (χ0n) is 19.1. The molecule has 1 aliphatic rings. The van der Waals surface area contributed by atoms with E-state index in [4.69, 9.17) is 9.47 Å². The Kier molecular flexibility index (Phi) is 8.28. The van der Waals surface area contributed by atoms with Crippen LogP contribution >= 0.6 is 11.3 Å². The summed E-state index contributed by atoms with van der Waals surface area (Å²) in [6, 6.07) is 8.22. The molecule has 2 heterocycles. The average Bonchev–Trinajstić information content (AvgIpc) is 3.37. The zero-order valence-corrected chi connectivity index (χ0v) is 20.7. The van der Waals surface area contributed by atoms with Gasteiger partial charge >= 0.3 is 5.97 Å². The predicted octanol–water partition coefficient (Wildman–Crippen LogP) is 0.743. The van der Waals surface area contributed by atoms with Gasteiger partial charge < -0.3 is 19.7 Å². The van der Waals surface area contributed by atoms with Crippen molar-refractivity contribution in [2.24, 2.45) is 0 Å². The lowest BCUT2D eigenvalue weighted by Crippen LogP contribution is -2.62. The van der Waals surface area contributed by atoms with Crippen molar-refractivity contribution in [2.45, 2.75) is 18.5 Å². The van der Waals surface area contributed by atoms with E-state index in [0.717, 1.165) is 16.1 Å². The van der Waals surface area contributed by atoms with Crippen LogP contribution in [-0.4, -0.2) is 87.6 Å². The summed E-state index contributed by atoms with van der Waals surface area (Å²) < 4.78 is 35.4. The Morgan fingerprint density at radius 3 is 2.41 bits per heavy atom. The number of thiophene rings is 1. The summed E-state index contributed by atoms with van der Waals surface area (Å²) in [5.41, 5.74) is 0.754. The van der Waals surface area contributed by atoms with Crippen molar-refractivity contribution in [3.05, 3.63) is 52.2 Å². The molecule has 1 saturated heterocycles. The summed E-state index contributed by atoms with van der Waals surface area (Å²) in [5.74, 6) is -1.01. The highest BCUT2D eigenvalue weighted by molar-refractivity contribution is 7.88. The first kappa shape index (κ1) is 25.7. The molecule has 0 spiro atoms. The van der Waals surface area contributed by atoms with Crippen LogP contribution in [0.5, 0.6) is 5.75 Å². The first-order valence-electron chi connectivity index (χ1n) is 10.4. The number of carbonyl (C=O) groups is 3. The molecule has 0 aliphatic carbocycles. The molecule has 10 nitrogen and oxygen atoms in total. The van der Waals surface area contributed by atoms with Gasteiger partial charge in [-0.25, -0.2) is 13.2 Å². The lowest BCUT2D eigenvalue weighted by molar-refractivity contribution is -0.145. The number of carbonyl (C=O) groups excluding carboxylic acids is 3. The van der Waals surface area contributed by atoms with Gasteiger partial charge in [-0.3, -0.25) is 9.59 Å². The smallest absolute Gasteiger partial charge is 0.328 e. The second-order valence-corrected chi connectivity index (χ2v) is 10.7. The van der Waals surface area contributed by atoms with Crippen LogP contribution in [0.2, 0.25) is 0 Å². The number of methoxy groups -OCH3 is 2. The summed E-state index contributed by atoms with van der Waals surface area (Å²) in [6.07, 6.45) is 1.20. The van der Waals surface area contributed by atoms with E-state index in [0.29, 0.717) is 10.6 Å². The molecule has 12 heteroatoms. The molecule has 2 amide bonds. The minimum atomic E-state index is -3.59. The third kappa shape index (κ3) is 6.13. The summed E-state index contributed by atoms with van der Waals surface area (Å²) in [5, 5.41) is 4.41. The monoisotopic (exact) mass is 509 g/mol. The predicted molar refractivity (Wildman–Crippen MR) is 126 cm³/mol. The van der Waals surface area contributed by atoms with Crippen molar-refractivity contribution in [2.75, 3.05) is 40.1 Å². The van der Waals surface area contributed by atoms with Gasteiger partial charge in [0.1, 0.15) is 17.8 Å². The second kappa shape index (κ2) is 11.0.